The molecule has 0 fully saturated rings. The third-order valence-corrected chi connectivity index (χ3v) is 12.7. The van der Waals surface area contributed by atoms with E-state index >= 15 is 0 Å². The van der Waals surface area contributed by atoms with Gasteiger partial charge in [-0.3, -0.25) is 0 Å². The Morgan fingerprint density at radius 3 is 1.65 bits per heavy atom. The van der Waals surface area contributed by atoms with Crippen LogP contribution in [0, 0.1) is 0 Å². The number of fused-ring (bicyclic) bond motifs is 10. The predicted octanol–water partition coefficient (Wildman–Crippen LogP) is 14.1. The first kappa shape index (κ1) is 35.3. The molecule has 12 aromatic rings. The van der Waals surface area contributed by atoms with Crippen molar-refractivity contribution in [2.75, 3.05) is 0 Å². The molecule has 0 spiro atoms. The summed E-state index contributed by atoms with van der Waals surface area (Å²) < 4.78 is 13.1. The maximum atomic E-state index is 6.56. The van der Waals surface area contributed by atoms with Gasteiger partial charge in [0.15, 0.2) is 23.1 Å². The quantitative estimate of drug-likeness (QED) is 0.167. The summed E-state index contributed by atoms with van der Waals surface area (Å²) >= 11 is 0. The molecule has 0 atom stereocenters. The summed E-state index contributed by atoms with van der Waals surface area (Å²) in [6.45, 7) is 0. The Balaban J connectivity index is 1.06. The lowest BCUT2D eigenvalue weighted by atomic mass is 9.67. The van der Waals surface area contributed by atoms with Crippen molar-refractivity contribution in [3.63, 3.8) is 0 Å². The minimum absolute atomic E-state index is 0.562. The monoisotopic (exact) mass is 806 g/mol. The van der Waals surface area contributed by atoms with Crippen LogP contribution in [0.5, 0.6) is 0 Å². The van der Waals surface area contributed by atoms with E-state index in [9.17, 15) is 0 Å². The minimum Gasteiger partial charge on any atom is -0.456 e. The second-order valence-electron chi connectivity index (χ2n) is 16.0. The summed E-state index contributed by atoms with van der Waals surface area (Å²) in [5.41, 5.74) is 13.2. The highest BCUT2D eigenvalue weighted by Gasteiger charge is 2.47. The van der Waals surface area contributed by atoms with Gasteiger partial charge in [0.1, 0.15) is 16.7 Å². The molecular weight excluding hydrogens is 773 g/mol. The van der Waals surface area contributed by atoms with Gasteiger partial charge in [-0.25, -0.2) is 19.9 Å². The van der Waals surface area contributed by atoms with Crippen molar-refractivity contribution in [2.45, 2.75) is 5.41 Å². The zero-order valence-electron chi connectivity index (χ0n) is 33.7. The van der Waals surface area contributed by atoms with Gasteiger partial charge in [0.05, 0.1) is 10.8 Å². The summed E-state index contributed by atoms with van der Waals surface area (Å²) in [6, 6.07) is 71.6. The average Bonchev–Trinajstić information content (AvgIpc) is 4.06. The fraction of sp³-hybridized carbons (Fsp3) is 0.0175. The summed E-state index contributed by atoms with van der Waals surface area (Å²) in [4.78, 5) is 20.9. The summed E-state index contributed by atoms with van der Waals surface area (Å²) in [5.74, 6) is 2.35. The lowest BCUT2D eigenvalue weighted by Gasteiger charge is -2.33. The number of furan rings is 1. The topological polar surface area (TPSA) is 77.8 Å². The SMILES string of the molecule is c1ccc(-c2nc(-c3cccc4c3-c3ccccc3C4(c3ccccc3)c3ccccc3)nc(-c3cccc4c3ccc3oc5ccc6nc(-c7ccccc7)oc6c5c34)n2)cc1. The third-order valence-electron chi connectivity index (χ3n) is 12.7. The molecule has 6 heteroatoms. The molecule has 63 heavy (non-hydrogen) atoms. The summed E-state index contributed by atoms with van der Waals surface area (Å²) in [6.07, 6.45) is 0. The molecule has 0 saturated heterocycles. The van der Waals surface area contributed by atoms with E-state index in [0.29, 0.717) is 28.9 Å². The van der Waals surface area contributed by atoms with E-state index in [2.05, 4.69) is 140 Å². The van der Waals surface area contributed by atoms with Crippen molar-refractivity contribution >= 4 is 43.8 Å². The molecule has 1 aliphatic rings. The van der Waals surface area contributed by atoms with Crippen LogP contribution in [0.2, 0.25) is 0 Å². The van der Waals surface area contributed by atoms with E-state index in [1.807, 2.05) is 66.7 Å². The van der Waals surface area contributed by atoms with Gasteiger partial charge in [0, 0.05) is 27.6 Å². The van der Waals surface area contributed by atoms with Crippen LogP contribution in [0.4, 0.5) is 0 Å². The molecule has 13 rings (SSSR count). The summed E-state index contributed by atoms with van der Waals surface area (Å²) in [7, 11) is 0. The van der Waals surface area contributed by atoms with E-state index in [1.165, 1.54) is 22.3 Å². The van der Waals surface area contributed by atoms with Crippen LogP contribution < -0.4 is 0 Å². The Morgan fingerprint density at radius 1 is 0.349 bits per heavy atom. The molecule has 3 aromatic heterocycles. The Labute approximate surface area is 361 Å². The van der Waals surface area contributed by atoms with E-state index < -0.39 is 5.41 Å². The van der Waals surface area contributed by atoms with Crippen molar-refractivity contribution in [1.29, 1.82) is 0 Å². The zero-order chi connectivity index (χ0) is 41.5. The van der Waals surface area contributed by atoms with Gasteiger partial charge in [-0.05, 0) is 80.6 Å². The number of nitrogens with zero attached hydrogens (tertiary/aromatic N) is 4. The lowest BCUT2D eigenvalue weighted by Crippen LogP contribution is -2.28. The highest BCUT2D eigenvalue weighted by Crippen LogP contribution is 2.58. The predicted molar refractivity (Wildman–Crippen MR) is 251 cm³/mol. The van der Waals surface area contributed by atoms with E-state index in [1.54, 1.807) is 0 Å². The highest BCUT2D eigenvalue weighted by molar-refractivity contribution is 6.26. The summed E-state index contributed by atoms with van der Waals surface area (Å²) in [5, 5.41) is 3.83. The number of oxazole rings is 1. The molecule has 294 valence electrons. The smallest absolute Gasteiger partial charge is 0.227 e. The van der Waals surface area contributed by atoms with Crippen LogP contribution in [0.25, 0.3) is 101 Å². The maximum absolute atomic E-state index is 6.56. The molecule has 1 aliphatic carbocycles. The fourth-order valence-electron chi connectivity index (χ4n) is 10.0. The van der Waals surface area contributed by atoms with Gasteiger partial charge in [-0.2, -0.15) is 0 Å². The van der Waals surface area contributed by atoms with Crippen LogP contribution in [0.1, 0.15) is 22.3 Å². The van der Waals surface area contributed by atoms with Gasteiger partial charge >= 0.3 is 0 Å². The number of rotatable bonds is 6. The molecule has 0 aliphatic heterocycles. The van der Waals surface area contributed by atoms with E-state index in [-0.39, 0.29) is 0 Å². The maximum Gasteiger partial charge on any atom is 0.227 e. The molecule has 0 amide bonds. The van der Waals surface area contributed by atoms with E-state index in [4.69, 9.17) is 28.8 Å². The average molecular weight is 807 g/mol. The van der Waals surface area contributed by atoms with Crippen LogP contribution in [-0.4, -0.2) is 19.9 Å². The van der Waals surface area contributed by atoms with Gasteiger partial charge in [-0.1, -0.05) is 170 Å². The Kier molecular flexibility index (Phi) is 7.72. The van der Waals surface area contributed by atoms with Crippen molar-refractivity contribution in [1.82, 2.24) is 19.9 Å². The number of hydrogen-bond acceptors (Lipinski definition) is 6. The Morgan fingerprint density at radius 2 is 0.905 bits per heavy atom. The van der Waals surface area contributed by atoms with Crippen molar-refractivity contribution in [3.05, 3.63) is 229 Å². The Bertz CT molecular complexity index is 3690. The first-order valence-corrected chi connectivity index (χ1v) is 21.1. The van der Waals surface area contributed by atoms with Crippen LogP contribution in [0.15, 0.2) is 215 Å². The molecule has 3 heterocycles. The second kappa shape index (κ2) is 13.8. The zero-order valence-corrected chi connectivity index (χ0v) is 33.7. The number of aromatic nitrogens is 4. The van der Waals surface area contributed by atoms with Crippen molar-refractivity contribution in [2.24, 2.45) is 0 Å². The van der Waals surface area contributed by atoms with Gasteiger partial charge in [0.2, 0.25) is 5.89 Å². The van der Waals surface area contributed by atoms with Crippen molar-refractivity contribution < 1.29 is 8.83 Å². The first-order valence-electron chi connectivity index (χ1n) is 21.1. The highest BCUT2D eigenvalue weighted by atomic mass is 16.4. The fourth-order valence-corrected chi connectivity index (χ4v) is 10.0. The molecule has 0 N–H and O–H groups in total. The van der Waals surface area contributed by atoms with Crippen LogP contribution in [0.3, 0.4) is 0 Å². The van der Waals surface area contributed by atoms with Crippen LogP contribution >= 0.6 is 0 Å². The van der Waals surface area contributed by atoms with Gasteiger partial charge < -0.3 is 8.83 Å². The molecule has 0 unspecified atom stereocenters. The first-order chi connectivity index (χ1) is 31.2. The second-order valence-corrected chi connectivity index (χ2v) is 16.0. The molecule has 6 nitrogen and oxygen atoms in total. The van der Waals surface area contributed by atoms with Gasteiger partial charge in [0.25, 0.3) is 0 Å². The number of benzene rings is 9. The number of hydrogen-bond donors (Lipinski definition) is 0. The molecule has 9 aromatic carbocycles. The molecule has 0 bridgehead atoms. The lowest BCUT2D eigenvalue weighted by molar-refractivity contribution is 0.622. The van der Waals surface area contributed by atoms with Crippen molar-refractivity contribution in [3.8, 4) is 56.7 Å². The molecule has 0 saturated carbocycles. The normalized spacial score (nSPS) is 12.9. The standard InChI is InChI=1S/C57H34N4O2/c1-5-17-35(18-6-1)53-59-54(41-27-15-26-40-39(41)31-33-47-50(40)51-48(62-47)34-32-46-52(51)63-56(58-46)36-19-7-2-8-20-36)61-55(60-53)43-28-16-30-45-49(43)42-25-13-14-29-44(42)57(45,37-21-9-3-10-22-37)38-23-11-4-12-24-38/h1-34H. The van der Waals surface area contributed by atoms with Crippen LogP contribution in [-0.2, 0) is 5.41 Å². The minimum atomic E-state index is -0.562. The molecule has 0 radical (unpaired) electrons. The Hall–Kier alpha value is -8.48. The molecular formula is C57H34N4O2. The largest absolute Gasteiger partial charge is 0.456 e. The van der Waals surface area contributed by atoms with E-state index in [0.717, 1.165) is 71.6 Å². The third kappa shape index (κ3) is 5.25. The van der Waals surface area contributed by atoms with Gasteiger partial charge in [-0.15, -0.1) is 0 Å².